The second kappa shape index (κ2) is 6.96. The first-order valence-corrected chi connectivity index (χ1v) is 6.71. The van der Waals surface area contributed by atoms with Crippen LogP contribution in [0.3, 0.4) is 0 Å². The summed E-state index contributed by atoms with van der Waals surface area (Å²) < 4.78 is 10.7. The highest BCUT2D eigenvalue weighted by molar-refractivity contribution is 5.46. The van der Waals surface area contributed by atoms with Gasteiger partial charge in [0, 0.05) is 18.7 Å². The molecule has 0 amide bonds. The van der Waals surface area contributed by atoms with Crippen LogP contribution in [0.15, 0.2) is 42.5 Å². The van der Waals surface area contributed by atoms with Crippen LogP contribution in [0.25, 0.3) is 0 Å². The SMILES string of the molecule is COc1cccc(CNCc2ccccc2C)c1OC. The van der Waals surface area contributed by atoms with Gasteiger partial charge >= 0.3 is 0 Å². The molecule has 2 aromatic carbocycles. The molecule has 0 radical (unpaired) electrons. The molecule has 2 aromatic rings. The Balaban J connectivity index is 2.03. The van der Waals surface area contributed by atoms with Crippen LogP contribution >= 0.6 is 0 Å². The molecule has 0 fully saturated rings. The molecule has 0 aliphatic carbocycles. The number of methoxy groups -OCH3 is 2. The van der Waals surface area contributed by atoms with E-state index in [4.69, 9.17) is 9.47 Å². The van der Waals surface area contributed by atoms with Gasteiger partial charge in [0.05, 0.1) is 14.2 Å². The number of ether oxygens (including phenoxy) is 2. The molecular formula is C17H21NO2. The minimum absolute atomic E-state index is 0.745. The fraction of sp³-hybridized carbons (Fsp3) is 0.294. The van der Waals surface area contributed by atoms with Gasteiger partial charge in [-0.2, -0.15) is 0 Å². The maximum absolute atomic E-state index is 5.43. The number of para-hydroxylation sites is 1. The molecule has 0 aliphatic rings. The predicted molar refractivity (Wildman–Crippen MR) is 81.3 cm³/mol. The molecule has 0 aromatic heterocycles. The number of aryl methyl sites for hydroxylation is 1. The van der Waals surface area contributed by atoms with E-state index in [1.165, 1.54) is 11.1 Å². The van der Waals surface area contributed by atoms with Crippen molar-refractivity contribution >= 4 is 0 Å². The van der Waals surface area contributed by atoms with E-state index in [9.17, 15) is 0 Å². The van der Waals surface area contributed by atoms with Crippen molar-refractivity contribution in [2.45, 2.75) is 20.0 Å². The lowest BCUT2D eigenvalue weighted by Gasteiger charge is -2.13. The minimum Gasteiger partial charge on any atom is -0.493 e. The quantitative estimate of drug-likeness (QED) is 0.874. The van der Waals surface area contributed by atoms with E-state index in [0.717, 1.165) is 30.2 Å². The van der Waals surface area contributed by atoms with Crippen molar-refractivity contribution in [3.05, 3.63) is 59.2 Å². The van der Waals surface area contributed by atoms with Crippen molar-refractivity contribution in [3.63, 3.8) is 0 Å². The van der Waals surface area contributed by atoms with Gasteiger partial charge in [0.25, 0.3) is 0 Å². The Morgan fingerprint density at radius 1 is 0.850 bits per heavy atom. The van der Waals surface area contributed by atoms with Crippen LogP contribution in [0, 0.1) is 6.92 Å². The average molecular weight is 271 g/mol. The van der Waals surface area contributed by atoms with Crippen LogP contribution in [-0.4, -0.2) is 14.2 Å². The number of nitrogens with one attached hydrogen (secondary N) is 1. The monoisotopic (exact) mass is 271 g/mol. The van der Waals surface area contributed by atoms with Crippen LogP contribution in [0.2, 0.25) is 0 Å². The smallest absolute Gasteiger partial charge is 0.165 e. The lowest BCUT2D eigenvalue weighted by atomic mass is 10.1. The molecule has 3 heteroatoms. The normalized spacial score (nSPS) is 10.3. The minimum atomic E-state index is 0.745. The summed E-state index contributed by atoms with van der Waals surface area (Å²) in [4.78, 5) is 0. The molecule has 3 nitrogen and oxygen atoms in total. The largest absolute Gasteiger partial charge is 0.493 e. The molecule has 0 saturated carbocycles. The van der Waals surface area contributed by atoms with Gasteiger partial charge in [-0.25, -0.2) is 0 Å². The molecule has 0 saturated heterocycles. The number of hydrogen-bond acceptors (Lipinski definition) is 3. The molecule has 0 atom stereocenters. The standard InChI is InChI=1S/C17H21NO2/c1-13-7-4-5-8-14(13)11-18-12-15-9-6-10-16(19-2)17(15)20-3/h4-10,18H,11-12H2,1-3H3. The third-order valence-corrected chi connectivity index (χ3v) is 3.38. The molecule has 0 bridgehead atoms. The highest BCUT2D eigenvalue weighted by Gasteiger charge is 2.08. The maximum atomic E-state index is 5.43. The fourth-order valence-corrected chi connectivity index (χ4v) is 2.23. The van der Waals surface area contributed by atoms with Gasteiger partial charge < -0.3 is 14.8 Å². The Morgan fingerprint density at radius 2 is 1.55 bits per heavy atom. The van der Waals surface area contributed by atoms with Crippen LogP contribution < -0.4 is 14.8 Å². The molecule has 20 heavy (non-hydrogen) atoms. The summed E-state index contributed by atoms with van der Waals surface area (Å²) in [6.45, 7) is 3.71. The van der Waals surface area contributed by atoms with Gasteiger partial charge in [0.15, 0.2) is 11.5 Å². The Hall–Kier alpha value is -2.00. The maximum Gasteiger partial charge on any atom is 0.165 e. The van der Waals surface area contributed by atoms with E-state index in [-0.39, 0.29) is 0 Å². The van der Waals surface area contributed by atoms with Crippen molar-refractivity contribution in [2.24, 2.45) is 0 Å². The molecule has 0 aliphatic heterocycles. The third kappa shape index (κ3) is 3.31. The second-order valence-corrected chi connectivity index (χ2v) is 4.68. The Bertz CT molecular complexity index is 567. The van der Waals surface area contributed by atoms with E-state index in [1.54, 1.807) is 14.2 Å². The summed E-state index contributed by atoms with van der Waals surface area (Å²) in [5, 5.41) is 3.45. The predicted octanol–water partition coefficient (Wildman–Crippen LogP) is 3.30. The van der Waals surface area contributed by atoms with E-state index in [2.05, 4.69) is 36.5 Å². The third-order valence-electron chi connectivity index (χ3n) is 3.38. The van der Waals surface area contributed by atoms with Crippen molar-refractivity contribution in [1.82, 2.24) is 5.32 Å². The lowest BCUT2D eigenvalue weighted by Crippen LogP contribution is -2.14. The molecule has 0 spiro atoms. The first-order valence-electron chi connectivity index (χ1n) is 6.71. The second-order valence-electron chi connectivity index (χ2n) is 4.68. The van der Waals surface area contributed by atoms with Gasteiger partial charge in [-0.3, -0.25) is 0 Å². The van der Waals surface area contributed by atoms with Crippen LogP contribution in [0.1, 0.15) is 16.7 Å². The first kappa shape index (κ1) is 14.4. The van der Waals surface area contributed by atoms with Crippen LogP contribution in [0.5, 0.6) is 11.5 Å². The fourth-order valence-electron chi connectivity index (χ4n) is 2.23. The van der Waals surface area contributed by atoms with E-state index < -0.39 is 0 Å². The van der Waals surface area contributed by atoms with Crippen molar-refractivity contribution in [1.29, 1.82) is 0 Å². The Morgan fingerprint density at radius 3 is 2.25 bits per heavy atom. The Kier molecular flexibility index (Phi) is 5.02. The highest BCUT2D eigenvalue weighted by Crippen LogP contribution is 2.30. The van der Waals surface area contributed by atoms with Crippen LogP contribution in [-0.2, 0) is 13.1 Å². The molecule has 0 heterocycles. The number of hydrogen-bond donors (Lipinski definition) is 1. The molecule has 106 valence electrons. The summed E-state index contributed by atoms with van der Waals surface area (Å²) in [5.74, 6) is 1.56. The summed E-state index contributed by atoms with van der Waals surface area (Å²) in [6.07, 6.45) is 0. The number of rotatable bonds is 6. The molecule has 1 N–H and O–H groups in total. The van der Waals surface area contributed by atoms with Crippen molar-refractivity contribution < 1.29 is 9.47 Å². The summed E-state index contributed by atoms with van der Waals surface area (Å²) in [5.41, 5.74) is 3.72. The number of benzene rings is 2. The molecule has 0 unspecified atom stereocenters. The average Bonchev–Trinajstić information content (AvgIpc) is 2.48. The summed E-state index contributed by atoms with van der Waals surface area (Å²) in [6, 6.07) is 14.3. The summed E-state index contributed by atoms with van der Waals surface area (Å²) >= 11 is 0. The van der Waals surface area contributed by atoms with Crippen molar-refractivity contribution in [3.8, 4) is 11.5 Å². The Labute approximate surface area is 120 Å². The topological polar surface area (TPSA) is 30.5 Å². The highest BCUT2D eigenvalue weighted by atomic mass is 16.5. The van der Waals surface area contributed by atoms with Crippen LogP contribution in [0.4, 0.5) is 0 Å². The zero-order chi connectivity index (χ0) is 14.4. The molecule has 2 rings (SSSR count). The lowest BCUT2D eigenvalue weighted by molar-refractivity contribution is 0.350. The van der Waals surface area contributed by atoms with Gasteiger partial charge in [-0.05, 0) is 24.1 Å². The molecular weight excluding hydrogens is 250 g/mol. The zero-order valence-corrected chi connectivity index (χ0v) is 12.3. The van der Waals surface area contributed by atoms with Gasteiger partial charge in [-0.1, -0.05) is 36.4 Å². The first-order chi connectivity index (χ1) is 9.76. The van der Waals surface area contributed by atoms with E-state index >= 15 is 0 Å². The zero-order valence-electron chi connectivity index (χ0n) is 12.3. The van der Waals surface area contributed by atoms with Gasteiger partial charge in [0.2, 0.25) is 0 Å². The van der Waals surface area contributed by atoms with E-state index in [0.29, 0.717) is 0 Å². The van der Waals surface area contributed by atoms with Gasteiger partial charge in [0.1, 0.15) is 0 Å². The van der Waals surface area contributed by atoms with Gasteiger partial charge in [-0.15, -0.1) is 0 Å². The summed E-state index contributed by atoms with van der Waals surface area (Å²) in [7, 11) is 3.32. The van der Waals surface area contributed by atoms with E-state index in [1.807, 2.05) is 18.2 Å². The van der Waals surface area contributed by atoms with Crippen molar-refractivity contribution in [2.75, 3.05) is 14.2 Å².